The summed E-state index contributed by atoms with van der Waals surface area (Å²) in [6, 6.07) is 5.75. The van der Waals surface area contributed by atoms with Gasteiger partial charge in [0.1, 0.15) is 17.2 Å². The lowest BCUT2D eigenvalue weighted by Crippen LogP contribution is -2.25. The number of aryl methyl sites for hydroxylation is 1. The molecule has 12 nitrogen and oxygen atoms in total. The Morgan fingerprint density at radius 3 is 2.56 bits per heavy atom. The Labute approximate surface area is 238 Å². The maximum atomic E-state index is 15.6. The van der Waals surface area contributed by atoms with E-state index in [-0.39, 0.29) is 45.0 Å². The highest BCUT2D eigenvalue weighted by Crippen LogP contribution is 2.38. The highest BCUT2D eigenvalue weighted by molar-refractivity contribution is 6.30. The van der Waals surface area contributed by atoms with Gasteiger partial charge in [-0.15, -0.1) is 0 Å². The number of benzene rings is 1. The number of nitrogens with one attached hydrogen (secondary N) is 1. The van der Waals surface area contributed by atoms with E-state index in [1.807, 2.05) is 6.07 Å². The summed E-state index contributed by atoms with van der Waals surface area (Å²) in [6.07, 6.45) is 2.76. The van der Waals surface area contributed by atoms with Crippen molar-refractivity contribution in [3.63, 3.8) is 0 Å². The Morgan fingerprint density at radius 1 is 1.24 bits per heavy atom. The molecule has 0 bridgehead atoms. The Bertz CT molecular complexity index is 1750. The van der Waals surface area contributed by atoms with E-state index in [1.165, 1.54) is 61.1 Å². The number of nitrogens with zero attached hydrogens (tertiary/aromatic N) is 6. The van der Waals surface area contributed by atoms with E-state index in [4.69, 9.17) is 21.1 Å². The number of carboxylic acid groups (broad SMARTS) is 1. The average molecular weight is 582 g/mol. The number of nitriles is 1. The number of aromatic carboxylic acids is 1. The number of rotatable bonds is 9. The number of hydrogen-bond acceptors (Lipinski definition) is 9. The first kappa shape index (κ1) is 29.0. The van der Waals surface area contributed by atoms with Gasteiger partial charge in [0, 0.05) is 24.4 Å². The van der Waals surface area contributed by atoms with Crippen LogP contribution >= 0.6 is 11.6 Å². The summed E-state index contributed by atoms with van der Waals surface area (Å²) in [5.41, 5.74) is -0.303. The van der Waals surface area contributed by atoms with Gasteiger partial charge in [-0.1, -0.05) is 31.5 Å². The molecule has 4 rings (SSSR count). The molecule has 2 N–H and O–H groups in total. The standard InChI is InChI=1S/C27H25ClFN7O5/c1-13(2)23-20(22(26(38)39)34-36(23)19-11-31-27(41-5)33-24(19)40-4)21(16-7-6-14(10-30)8-17(16)29)32-18-9-15(28)12-35(3)25(18)37/h6-9,11-13,21,32H,1-5H3,(H,38,39). The minimum absolute atomic E-state index is 0.0125. The topological polar surface area (TPSA) is 157 Å². The fraction of sp³-hybridized carbons (Fsp3) is 0.259. The van der Waals surface area contributed by atoms with Crippen molar-refractivity contribution in [2.24, 2.45) is 7.05 Å². The van der Waals surface area contributed by atoms with Crippen LogP contribution in [0.5, 0.6) is 11.9 Å². The quantitative estimate of drug-likeness (QED) is 0.295. The fourth-order valence-electron chi connectivity index (χ4n) is 4.43. The zero-order valence-electron chi connectivity index (χ0n) is 22.6. The second-order valence-corrected chi connectivity index (χ2v) is 9.62. The van der Waals surface area contributed by atoms with Crippen LogP contribution < -0.4 is 20.3 Å². The molecule has 14 heteroatoms. The first-order valence-corrected chi connectivity index (χ1v) is 12.5. The van der Waals surface area contributed by atoms with E-state index in [2.05, 4.69) is 20.4 Å². The molecule has 3 heterocycles. The molecule has 0 amide bonds. The molecule has 0 fully saturated rings. The predicted molar refractivity (Wildman–Crippen MR) is 147 cm³/mol. The van der Waals surface area contributed by atoms with Crippen molar-refractivity contribution in [1.82, 2.24) is 24.3 Å². The highest BCUT2D eigenvalue weighted by atomic mass is 35.5. The summed E-state index contributed by atoms with van der Waals surface area (Å²) in [7, 11) is 4.24. The van der Waals surface area contributed by atoms with Gasteiger partial charge in [0.25, 0.3) is 5.56 Å². The van der Waals surface area contributed by atoms with Gasteiger partial charge >= 0.3 is 12.0 Å². The van der Waals surface area contributed by atoms with Gasteiger partial charge in [-0.3, -0.25) is 4.79 Å². The minimum Gasteiger partial charge on any atom is -0.479 e. The van der Waals surface area contributed by atoms with E-state index in [1.54, 1.807) is 13.8 Å². The van der Waals surface area contributed by atoms with Crippen LogP contribution in [0, 0.1) is 17.1 Å². The molecule has 0 spiro atoms. The van der Waals surface area contributed by atoms with Crippen LogP contribution in [0.2, 0.25) is 5.02 Å². The second-order valence-electron chi connectivity index (χ2n) is 9.18. The SMILES string of the molecule is COc1ncc(-n2nc(C(=O)O)c(C(Nc3cc(Cl)cn(C)c3=O)c3ccc(C#N)cc3F)c2C(C)C)c(OC)n1. The summed E-state index contributed by atoms with van der Waals surface area (Å²) < 4.78 is 28.6. The second kappa shape index (κ2) is 11.6. The molecular formula is C27H25ClFN7O5. The normalized spacial score (nSPS) is 11.7. The van der Waals surface area contributed by atoms with Crippen molar-refractivity contribution < 1.29 is 23.8 Å². The molecule has 41 heavy (non-hydrogen) atoms. The third-order valence-corrected chi connectivity index (χ3v) is 6.41. The van der Waals surface area contributed by atoms with Crippen LogP contribution in [-0.4, -0.2) is 49.6 Å². The fourth-order valence-corrected chi connectivity index (χ4v) is 4.68. The van der Waals surface area contributed by atoms with E-state index in [9.17, 15) is 20.0 Å². The Kier molecular flexibility index (Phi) is 8.25. The van der Waals surface area contributed by atoms with Crippen LogP contribution in [-0.2, 0) is 7.05 Å². The van der Waals surface area contributed by atoms with Crippen LogP contribution in [0.1, 0.15) is 58.7 Å². The maximum absolute atomic E-state index is 15.6. The Balaban J connectivity index is 2.09. The van der Waals surface area contributed by atoms with Gasteiger partial charge in [-0.2, -0.15) is 15.3 Å². The van der Waals surface area contributed by atoms with E-state index >= 15 is 4.39 Å². The number of halogens is 2. The van der Waals surface area contributed by atoms with Gasteiger partial charge in [-0.25, -0.2) is 18.9 Å². The third kappa shape index (κ3) is 5.55. The zero-order chi connectivity index (χ0) is 30.0. The Morgan fingerprint density at radius 2 is 1.98 bits per heavy atom. The van der Waals surface area contributed by atoms with Crippen molar-refractivity contribution in [2.45, 2.75) is 25.8 Å². The monoisotopic (exact) mass is 581 g/mol. The summed E-state index contributed by atoms with van der Waals surface area (Å²) >= 11 is 6.22. The van der Waals surface area contributed by atoms with E-state index in [0.29, 0.717) is 5.69 Å². The molecule has 1 atom stereocenters. The van der Waals surface area contributed by atoms with Crippen LogP contribution in [0.4, 0.5) is 10.1 Å². The van der Waals surface area contributed by atoms with Crippen molar-refractivity contribution in [1.29, 1.82) is 5.26 Å². The molecule has 212 valence electrons. The van der Waals surface area contributed by atoms with Gasteiger partial charge in [0.05, 0.1) is 48.8 Å². The lowest BCUT2D eigenvalue weighted by atomic mass is 9.91. The van der Waals surface area contributed by atoms with Crippen LogP contribution in [0.15, 0.2) is 41.5 Å². The number of hydrogen-bond donors (Lipinski definition) is 2. The van der Waals surface area contributed by atoms with E-state index in [0.717, 1.165) is 6.07 Å². The molecular weight excluding hydrogens is 557 g/mol. The summed E-state index contributed by atoms with van der Waals surface area (Å²) in [5, 5.41) is 27.1. The molecule has 0 saturated heterocycles. The van der Waals surface area contributed by atoms with Crippen LogP contribution in [0.25, 0.3) is 5.69 Å². The van der Waals surface area contributed by atoms with Crippen molar-refractivity contribution in [2.75, 3.05) is 19.5 Å². The summed E-state index contributed by atoms with van der Waals surface area (Å²) in [5.74, 6) is -2.56. The first-order chi connectivity index (χ1) is 19.5. The molecule has 1 unspecified atom stereocenters. The lowest BCUT2D eigenvalue weighted by molar-refractivity contribution is 0.0688. The van der Waals surface area contributed by atoms with Gasteiger partial charge in [0.2, 0.25) is 5.88 Å². The van der Waals surface area contributed by atoms with Gasteiger partial charge in [0.15, 0.2) is 5.69 Å². The number of aromatic nitrogens is 5. The lowest BCUT2D eigenvalue weighted by Gasteiger charge is -2.24. The van der Waals surface area contributed by atoms with Crippen molar-refractivity contribution in [3.8, 4) is 23.6 Å². The van der Waals surface area contributed by atoms with Crippen LogP contribution in [0.3, 0.4) is 0 Å². The number of methoxy groups -OCH3 is 2. The molecule has 0 aliphatic carbocycles. The number of pyridine rings is 1. The smallest absolute Gasteiger partial charge is 0.356 e. The molecule has 0 saturated carbocycles. The largest absolute Gasteiger partial charge is 0.479 e. The number of carboxylic acids is 1. The number of anilines is 1. The average Bonchev–Trinajstić information content (AvgIpc) is 3.34. The summed E-state index contributed by atoms with van der Waals surface area (Å²) in [4.78, 5) is 34.0. The molecule has 0 aliphatic heterocycles. The molecule has 4 aromatic rings. The predicted octanol–water partition coefficient (Wildman–Crippen LogP) is 4.07. The third-order valence-electron chi connectivity index (χ3n) is 6.21. The highest BCUT2D eigenvalue weighted by Gasteiger charge is 2.34. The molecule has 3 aromatic heterocycles. The maximum Gasteiger partial charge on any atom is 0.356 e. The van der Waals surface area contributed by atoms with Crippen molar-refractivity contribution in [3.05, 3.63) is 85.9 Å². The minimum atomic E-state index is -1.41. The first-order valence-electron chi connectivity index (χ1n) is 12.1. The van der Waals surface area contributed by atoms with E-state index < -0.39 is 35.0 Å². The molecule has 0 radical (unpaired) electrons. The molecule has 0 aliphatic rings. The van der Waals surface area contributed by atoms with Gasteiger partial charge < -0.3 is 24.5 Å². The zero-order valence-corrected chi connectivity index (χ0v) is 23.4. The Hall–Kier alpha value is -4.96. The number of ether oxygens (including phenoxy) is 2. The molecule has 1 aromatic carbocycles. The summed E-state index contributed by atoms with van der Waals surface area (Å²) in [6.45, 7) is 3.59. The number of carbonyl (C=O) groups is 1. The van der Waals surface area contributed by atoms with Crippen molar-refractivity contribution >= 4 is 23.3 Å². The van der Waals surface area contributed by atoms with Gasteiger partial charge in [-0.05, 0) is 24.1 Å².